The molecule has 0 spiro atoms. The quantitative estimate of drug-likeness (QED) is 0.227. The number of aryl methyl sites for hydroxylation is 1. The summed E-state index contributed by atoms with van der Waals surface area (Å²) in [6.07, 6.45) is 5.05. The lowest BCUT2D eigenvalue weighted by atomic mass is 9.95. The van der Waals surface area contributed by atoms with E-state index >= 15 is 4.39 Å². The average Bonchev–Trinajstić information content (AvgIpc) is 3.66. The minimum Gasteiger partial charge on any atom is -0.455 e. The Bertz CT molecular complexity index is 1710. The Morgan fingerprint density at radius 2 is 1.85 bits per heavy atom. The summed E-state index contributed by atoms with van der Waals surface area (Å²) in [4.78, 5) is 27.1. The summed E-state index contributed by atoms with van der Waals surface area (Å²) in [5.41, 5.74) is 7.17. The predicted molar refractivity (Wildman–Crippen MR) is 146 cm³/mol. The number of aromatic nitrogens is 2. The summed E-state index contributed by atoms with van der Waals surface area (Å²) in [6.45, 7) is 2.16. The van der Waals surface area contributed by atoms with Crippen molar-refractivity contribution in [1.82, 2.24) is 20.8 Å². The molecular weight excluding hydrogens is 514 g/mol. The van der Waals surface area contributed by atoms with E-state index in [4.69, 9.17) is 9.25 Å². The monoisotopic (exact) mass is 540 g/mol. The van der Waals surface area contributed by atoms with Crippen LogP contribution in [-0.4, -0.2) is 22.9 Å². The van der Waals surface area contributed by atoms with E-state index in [1.807, 2.05) is 31.2 Å². The standard InChI is InChI=1S/C31H26F2N4O3/c1-18-3-4-19(16-39-37-31(12-13-31)25-11-14-35-17-36-25)15-23(18)22-9-10-24-26(28(22)33)27(30(38)34-2)29(40-24)20-5-7-21(32)8-6-20/h3-11,14-15,17,37H,12-13,16H2,1-2H3,(H,34,38). The van der Waals surface area contributed by atoms with E-state index in [0.717, 1.165) is 29.7 Å². The van der Waals surface area contributed by atoms with Crippen molar-refractivity contribution in [1.29, 1.82) is 0 Å². The lowest BCUT2D eigenvalue weighted by molar-refractivity contribution is -0.00637. The fourth-order valence-corrected chi connectivity index (χ4v) is 4.92. The Labute approximate surface area is 229 Å². The Morgan fingerprint density at radius 1 is 1.05 bits per heavy atom. The van der Waals surface area contributed by atoms with Crippen LogP contribution in [0.15, 0.2) is 77.6 Å². The van der Waals surface area contributed by atoms with Gasteiger partial charge in [-0.05, 0) is 85.0 Å². The van der Waals surface area contributed by atoms with Gasteiger partial charge < -0.3 is 9.73 Å². The Hall–Kier alpha value is -4.47. The molecule has 2 N–H and O–H groups in total. The molecule has 6 rings (SSSR count). The number of nitrogens with zero attached hydrogens (tertiary/aromatic N) is 2. The normalized spacial score (nSPS) is 13.9. The number of nitrogens with one attached hydrogen (secondary N) is 2. The maximum Gasteiger partial charge on any atom is 0.255 e. The van der Waals surface area contributed by atoms with Crippen molar-refractivity contribution in [2.45, 2.75) is 31.9 Å². The number of furan rings is 1. The third-order valence-corrected chi connectivity index (χ3v) is 7.27. The average molecular weight is 541 g/mol. The Balaban J connectivity index is 1.33. The number of benzene rings is 3. The molecule has 3 aromatic carbocycles. The minimum atomic E-state index is -0.576. The van der Waals surface area contributed by atoms with Gasteiger partial charge in [0.2, 0.25) is 0 Å². The van der Waals surface area contributed by atoms with Crippen LogP contribution in [0, 0.1) is 18.6 Å². The molecule has 0 aliphatic heterocycles. The zero-order chi connectivity index (χ0) is 27.9. The molecule has 7 nitrogen and oxygen atoms in total. The molecule has 2 heterocycles. The SMILES string of the molecule is CNC(=O)c1c(-c2ccc(F)cc2)oc2ccc(-c3cc(CONC4(c5ccncn5)CC4)ccc3C)c(F)c12. The van der Waals surface area contributed by atoms with Gasteiger partial charge in [-0.1, -0.05) is 12.1 Å². The molecule has 1 aliphatic rings. The maximum atomic E-state index is 16.3. The van der Waals surface area contributed by atoms with E-state index in [-0.39, 0.29) is 34.4 Å². The Kier molecular flexibility index (Phi) is 6.61. The largest absolute Gasteiger partial charge is 0.455 e. The van der Waals surface area contributed by atoms with Gasteiger partial charge in [0.1, 0.15) is 29.3 Å². The van der Waals surface area contributed by atoms with Crippen LogP contribution in [-0.2, 0) is 17.0 Å². The lowest BCUT2D eigenvalue weighted by Gasteiger charge is -2.17. The zero-order valence-electron chi connectivity index (χ0n) is 21.9. The van der Waals surface area contributed by atoms with Crippen molar-refractivity contribution in [2.24, 2.45) is 0 Å². The van der Waals surface area contributed by atoms with Crippen LogP contribution in [0.5, 0.6) is 0 Å². The first-order valence-corrected chi connectivity index (χ1v) is 12.9. The van der Waals surface area contributed by atoms with E-state index in [0.29, 0.717) is 16.7 Å². The van der Waals surface area contributed by atoms with Crippen molar-refractivity contribution in [2.75, 3.05) is 7.05 Å². The van der Waals surface area contributed by atoms with E-state index < -0.39 is 17.5 Å². The first-order valence-electron chi connectivity index (χ1n) is 12.9. The van der Waals surface area contributed by atoms with E-state index in [1.165, 1.54) is 37.6 Å². The van der Waals surface area contributed by atoms with Gasteiger partial charge in [0.15, 0.2) is 0 Å². The summed E-state index contributed by atoms with van der Waals surface area (Å²) >= 11 is 0. The van der Waals surface area contributed by atoms with Crippen LogP contribution >= 0.6 is 0 Å². The molecule has 1 saturated carbocycles. The van der Waals surface area contributed by atoms with E-state index in [2.05, 4.69) is 20.8 Å². The summed E-state index contributed by atoms with van der Waals surface area (Å²) in [7, 11) is 1.47. The molecule has 0 radical (unpaired) electrons. The number of halogens is 2. The number of rotatable bonds is 8. The van der Waals surface area contributed by atoms with Crippen molar-refractivity contribution in [3.63, 3.8) is 0 Å². The molecule has 1 aliphatic carbocycles. The molecule has 40 heavy (non-hydrogen) atoms. The molecule has 0 unspecified atom stereocenters. The van der Waals surface area contributed by atoms with E-state index in [9.17, 15) is 9.18 Å². The van der Waals surface area contributed by atoms with Gasteiger partial charge in [-0.15, -0.1) is 0 Å². The molecule has 202 valence electrons. The minimum absolute atomic E-state index is 0.0595. The highest BCUT2D eigenvalue weighted by molar-refractivity contribution is 6.12. The van der Waals surface area contributed by atoms with E-state index in [1.54, 1.807) is 18.3 Å². The van der Waals surface area contributed by atoms with Crippen molar-refractivity contribution in [3.05, 3.63) is 107 Å². The highest BCUT2D eigenvalue weighted by Gasteiger charge is 2.46. The van der Waals surface area contributed by atoms with Crippen molar-refractivity contribution in [3.8, 4) is 22.5 Å². The van der Waals surface area contributed by atoms with Crippen LogP contribution in [0.2, 0.25) is 0 Å². The predicted octanol–water partition coefficient (Wildman–Crippen LogP) is 6.21. The third-order valence-electron chi connectivity index (χ3n) is 7.27. The summed E-state index contributed by atoms with van der Waals surface area (Å²) in [6, 6.07) is 16.4. The zero-order valence-corrected chi connectivity index (χ0v) is 21.9. The number of fused-ring (bicyclic) bond motifs is 1. The Morgan fingerprint density at radius 3 is 2.55 bits per heavy atom. The number of hydrogen-bond donors (Lipinski definition) is 2. The lowest BCUT2D eigenvalue weighted by Crippen LogP contribution is -2.29. The molecule has 1 fully saturated rings. The van der Waals surface area contributed by atoms with Crippen molar-refractivity contribution < 1.29 is 22.8 Å². The van der Waals surface area contributed by atoms with Crippen LogP contribution in [0.3, 0.4) is 0 Å². The fourth-order valence-electron chi connectivity index (χ4n) is 4.92. The third kappa shape index (κ3) is 4.63. The molecule has 0 bridgehead atoms. The maximum absolute atomic E-state index is 16.3. The van der Waals surface area contributed by atoms with Crippen LogP contribution in [0.1, 0.15) is 40.0 Å². The number of amides is 1. The van der Waals surface area contributed by atoms with Crippen molar-refractivity contribution >= 4 is 16.9 Å². The topological polar surface area (TPSA) is 89.3 Å². The van der Waals surface area contributed by atoms with Gasteiger partial charge in [0, 0.05) is 24.4 Å². The summed E-state index contributed by atoms with van der Waals surface area (Å²) < 4.78 is 35.7. The van der Waals surface area contributed by atoms with Crippen LogP contribution < -0.4 is 10.8 Å². The second-order valence-electron chi connectivity index (χ2n) is 9.91. The first kappa shape index (κ1) is 25.8. The molecule has 1 amide bonds. The number of hydrogen-bond acceptors (Lipinski definition) is 6. The highest BCUT2D eigenvalue weighted by Crippen LogP contribution is 2.44. The summed E-state index contributed by atoms with van der Waals surface area (Å²) in [5, 5.41) is 2.64. The molecule has 2 aromatic heterocycles. The van der Waals surface area contributed by atoms with Gasteiger partial charge in [-0.2, -0.15) is 5.48 Å². The highest BCUT2D eigenvalue weighted by atomic mass is 19.1. The first-order chi connectivity index (χ1) is 19.4. The van der Waals surface area contributed by atoms with Gasteiger partial charge in [-0.3, -0.25) is 9.63 Å². The smallest absolute Gasteiger partial charge is 0.255 e. The summed E-state index contributed by atoms with van der Waals surface area (Å²) in [5.74, 6) is -1.33. The second-order valence-corrected chi connectivity index (χ2v) is 9.91. The van der Waals surface area contributed by atoms with Crippen LogP contribution in [0.25, 0.3) is 33.4 Å². The number of carbonyl (C=O) groups excluding carboxylic acids is 1. The van der Waals surface area contributed by atoms with Gasteiger partial charge in [0.05, 0.1) is 28.8 Å². The van der Waals surface area contributed by atoms with Gasteiger partial charge in [-0.25, -0.2) is 18.7 Å². The fraction of sp³-hybridized carbons (Fsp3) is 0.194. The number of carbonyl (C=O) groups is 1. The molecular formula is C31H26F2N4O3. The van der Waals surface area contributed by atoms with Gasteiger partial charge >= 0.3 is 0 Å². The molecule has 5 aromatic rings. The van der Waals surface area contributed by atoms with Gasteiger partial charge in [0.25, 0.3) is 5.91 Å². The second kappa shape index (κ2) is 10.3. The molecule has 0 atom stereocenters. The molecule has 9 heteroatoms. The van der Waals surface area contributed by atoms with Crippen LogP contribution in [0.4, 0.5) is 8.78 Å². The molecule has 0 saturated heterocycles. The number of hydroxylamine groups is 1.